The van der Waals surface area contributed by atoms with Crippen LogP contribution in [-0.2, 0) is 6.42 Å². The van der Waals surface area contributed by atoms with E-state index >= 15 is 0 Å². The van der Waals surface area contributed by atoms with E-state index in [1.54, 1.807) is 6.07 Å². The van der Waals surface area contributed by atoms with E-state index in [9.17, 15) is 9.50 Å². The molecule has 3 aliphatic heterocycles. The van der Waals surface area contributed by atoms with Gasteiger partial charge in [0.25, 0.3) is 0 Å². The first kappa shape index (κ1) is 25.1. The van der Waals surface area contributed by atoms with Crippen LogP contribution in [-0.4, -0.2) is 55.6 Å². The number of hydrogen-bond donors (Lipinski definition) is 2. The maximum absolute atomic E-state index is 12.5. The highest BCUT2D eigenvalue weighted by Crippen LogP contribution is 2.47. The van der Waals surface area contributed by atoms with Crippen LogP contribution in [0.4, 0.5) is 10.1 Å². The van der Waals surface area contributed by atoms with Crippen molar-refractivity contribution in [2.45, 2.75) is 31.8 Å². The van der Waals surface area contributed by atoms with Crippen molar-refractivity contribution >= 4 is 28.4 Å². The van der Waals surface area contributed by atoms with Crippen LogP contribution in [0, 0.1) is 0 Å². The van der Waals surface area contributed by atoms with Gasteiger partial charge in [0.05, 0.1) is 13.3 Å². The molecule has 198 valence electrons. The molecule has 0 amide bonds. The maximum atomic E-state index is 12.5. The molecule has 0 bridgehead atoms. The third-order valence-electron chi connectivity index (χ3n) is 7.70. The number of ether oxygens (including phenoxy) is 2. The lowest BCUT2D eigenvalue weighted by Crippen LogP contribution is -2.26. The molecule has 1 fully saturated rings. The minimum Gasteiger partial charge on any atom is -0.506 e. The second-order valence-electron chi connectivity index (χ2n) is 10.2. The zero-order chi connectivity index (χ0) is 26.1. The summed E-state index contributed by atoms with van der Waals surface area (Å²) < 4.78 is 24.9. The molecule has 5 nitrogen and oxygen atoms in total. The lowest BCUT2D eigenvalue weighted by Gasteiger charge is -2.18. The Bertz CT molecular complexity index is 1360. The van der Waals surface area contributed by atoms with Gasteiger partial charge in [0.15, 0.2) is 0 Å². The van der Waals surface area contributed by atoms with E-state index in [4.69, 9.17) is 21.1 Å². The molecule has 0 aromatic heterocycles. The van der Waals surface area contributed by atoms with E-state index in [1.165, 1.54) is 16.8 Å². The number of fused-ring (bicyclic) bond motifs is 2. The maximum Gasteiger partial charge on any atom is 0.149 e. The highest BCUT2D eigenvalue weighted by atomic mass is 35.5. The minimum atomic E-state index is -0.276. The molecular formula is C31H32ClFN2O3. The average molecular weight is 535 g/mol. The second kappa shape index (κ2) is 10.9. The Morgan fingerprint density at radius 2 is 1.92 bits per heavy atom. The van der Waals surface area contributed by atoms with E-state index in [0.717, 1.165) is 67.0 Å². The number of anilines is 1. The summed E-state index contributed by atoms with van der Waals surface area (Å²) in [5, 5.41) is 14.0. The van der Waals surface area contributed by atoms with Gasteiger partial charge in [-0.05, 0) is 77.4 Å². The van der Waals surface area contributed by atoms with E-state index < -0.39 is 0 Å². The number of rotatable bonds is 7. The number of alkyl halides is 1. The number of nitrogens with zero attached hydrogens (tertiary/aromatic N) is 1. The molecule has 0 unspecified atom stereocenters. The first-order valence-electron chi connectivity index (χ1n) is 13.4. The van der Waals surface area contributed by atoms with Crippen molar-refractivity contribution in [3.05, 3.63) is 81.9 Å². The van der Waals surface area contributed by atoms with Gasteiger partial charge in [-0.1, -0.05) is 35.9 Å². The van der Waals surface area contributed by atoms with Gasteiger partial charge in [-0.25, -0.2) is 0 Å². The normalized spacial score (nSPS) is 18.9. The number of benzene rings is 3. The van der Waals surface area contributed by atoms with Crippen molar-refractivity contribution < 1.29 is 19.0 Å². The van der Waals surface area contributed by atoms with Gasteiger partial charge in [0, 0.05) is 43.9 Å². The smallest absolute Gasteiger partial charge is 0.149 e. The van der Waals surface area contributed by atoms with Gasteiger partial charge >= 0.3 is 0 Å². The van der Waals surface area contributed by atoms with Crippen molar-refractivity contribution in [2.24, 2.45) is 0 Å². The fourth-order valence-corrected chi connectivity index (χ4v) is 6.02. The Kier molecular flexibility index (Phi) is 7.18. The average Bonchev–Trinajstić information content (AvgIpc) is 3.55. The molecule has 7 heteroatoms. The van der Waals surface area contributed by atoms with Gasteiger partial charge in [-0.2, -0.15) is 0 Å². The van der Waals surface area contributed by atoms with Crippen LogP contribution < -0.4 is 14.8 Å². The summed E-state index contributed by atoms with van der Waals surface area (Å²) in [7, 11) is 0. The molecule has 0 spiro atoms. The molecule has 6 rings (SSSR count). The number of halogens is 2. The number of aromatic hydroxyl groups is 1. The third kappa shape index (κ3) is 4.95. The topological polar surface area (TPSA) is 54.0 Å². The number of nitrogens with one attached hydrogen (secondary N) is 1. The van der Waals surface area contributed by atoms with Gasteiger partial charge in [0.2, 0.25) is 0 Å². The standard InChI is InChI=1S/C31H32ClFN2O3/c32-30-28(36)9-8-26-29(21-4-6-23(7-5-21)38-24-11-16-35(19-24)15-1-13-33)25(12-17-37-31(26)30)22-3-2-20-10-14-34-27(20)18-22/h2-9,18,24,34,36H,1,10-17,19H2/t24-/m0/s1. The van der Waals surface area contributed by atoms with Gasteiger partial charge in [0.1, 0.15) is 28.4 Å². The summed E-state index contributed by atoms with van der Waals surface area (Å²) in [5.74, 6) is 1.34. The first-order valence-corrected chi connectivity index (χ1v) is 13.8. The van der Waals surface area contributed by atoms with Crippen LogP contribution in [0.2, 0.25) is 5.02 Å². The van der Waals surface area contributed by atoms with Crippen LogP contribution in [0.25, 0.3) is 11.1 Å². The molecule has 1 atom stereocenters. The van der Waals surface area contributed by atoms with E-state index in [-0.39, 0.29) is 23.6 Å². The summed E-state index contributed by atoms with van der Waals surface area (Å²) in [6, 6.07) is 18.4. The van der Waals surface area contributed by atoms with Crippen LogP contribution in [0.1, 0.15) is 41.5 Å². The number of phenolic OH excluding ortho intramolecular Hbond substituents is 1. The summed E-state index contributed by atoms with van der Waals surface area (Å²) in [6.07, 6.45) is 3.38. The summed E-state index contributed by atoms with van der Waals surface area (Å²) in [6.45, 7) is 3.70. The zero-order valence-corrected chi connectivity index (χ0v) is 22.1. The highest BCUT2D eigenvalue weighted by Gasteiger charge is 2.26. The molecule has 3 aromatic carbocycles. The Morgan fingerprint density at radius 1 is 1.08 bits per heavy atom. The second-order valence-corrected chi connectivity index (χ2v) is 10.6. The SMILES string of the molecule is Oc1ccc2c(c1Cl)OCCC(c1ccc3c(c1)NCC3)=C2c1ccc(O[C@H]2CCN(CCCF)C2)cc1. The van der Waals surface area contributed by atoms with Crippen LogP contribution in [0.15, 0.2) is 54.6 Å². The fourth-order valence-electron chi connectivity index (χ4n) is 5.80. The fraction of sp³-hybridized carbons (Fsp3) is 0.355. The van der Waals surface area contributed by atoms with Crippen LogP contribution in [0.3, 0.4) is 0 Å². The third-order valence-corrected chi connectivity index (χ3v) is 8.06. The Hall–Kier alpha value is -3.22. The van der Waals surface area contributed by atoms with Crippen LogP contribution >= 0.6 is 11.6 Å². The van der Waals surface area contributed by atoms with Crippen molar-refractivity contribution in [1.82, 2.24) is 4.90 Å². The van der Waals surface area contributed by atoms with Crippen molar-refractivity contribution in [2.75, 3.05) is 44.8 Å². The molecule has 2 N–H and O–H groups in total. The molecule has 38 heavy (non-hydrogen) atoms. The van der Waals surface area contributed by atoms with Crippen molar-refractivity contribution in [3.63, 3.8) is 0 Å². The quantitative estimate of drug-likeness (QED) is 0.359. The van der Waals surface area contributed by atoms with E-state index in [0.29, 0.717) is 25.2 Å². The molecule has 1 saturated heterocycles. The molecule has 3 aliphatic rings. The summed E-state index contributed by atoms with van der Waals surface area (Å²) in [4.78, 5) is 2.27. The van der Waals surface area contributed by atoms with E-state index in [2.05, 4.69) is 40.5 Å². The Morgan fingerprint density at radius 3 is 2.76 bits per heavy atom. The lowest BCUT2D eigenvalue weighted by atomic mass is 9.87. The predicted octanol–water partition coefficient (Wildman–Crippen LogP) is 6.57. The molecule has 3 aromatic rings. The summed E-state index contributed by atoms with van der Waals surface area (Å²) in [5.41, 5.74) is 7.78. The minimum absolute atomic E-state index is 0.0100. The number of hydrogen-bond acceptors (Lipinski definition) is 5. The zero-order valence-electron chi connectivity index (χ0n) is 21.3. The lowest BCUT2D eigenvalue weighted by molar-refractivity contribution is 0.198. The largest absolute Gasteiger partial charge is 0.506 e. The van der Waals surface area contributed by atoms with Gasteiger partial charge in [-0.15, -0.1) is 0 Å². The van der Waals surface area contributed by atoms with Gasteiger partial charge < -0.3 is 19.9 Å². The predicted molar refractivity (Wildman–Crippen MR) is 150 cm³/mol. The molecule has 0 radical (unpaired) electrons. The van der Waals surface area contributed by atoms with E-state index in [1.807, 2.05) is 18.2 Å². The molecular weight excluding hydrogens is 503 g/mol. The first-order chi connectivity index (χ1) is 18.6. The van der Waals surface area contributed by atoms with Crippen molar-refractivity contribution in [3.8, 4) is 17.2 Å². The Labute approximate surface area is 227 Å². The van der Waals surface area contributed by atoms with Crippen molar-refractivity contribution in [1.29, 1.82) is 0 Å². The molecule has 0 aliphatic carbocycles. The molecule has 0 saturated carbocycles. The van der Waals surface area contributed by atoms with Crippen LogP contribution in [0.5, 0.6) is 17.2 Å². The monoisotopic (exact) mass is 534 g/mol. The Balaban J connectivity index is 1.36. The number of likely N-dealkylation sites (tertiary alicyclic amines) is 1. The number of phenols is 1. The molecule has 3 heterocycles. The summed E-state index contributed by atoms with van der Waals surface area (Å²) >= 11 is 6.52. The highest BCUT2D eigenvalue weighted by molar-refractivity contribution is 6.34. The van der Waals surface area contributed by atoms with Gasteiger partial charge in [-0.3, -0.25) is 9.29 Å².